The van der Waals surface area contributed by atoms with Crippen molar-refractivity contribution in [2.75, 3.05) is 0 Å². The van der Waals surface area contributed by atoms with Crippen molar-refractivity contribution < 1.29 is 0 Å². The molecule has 0 unspecified atom stereocenters. The van der Waals surface area contributed by atoms with Crippen molar-refractivity contribution in [1.82, 2.24) is 19.3 Å². The van der Waals surface area contributed by atoms with Gasteiger partial charge in [0.05, 0.1) is 30.2 Å². The van der Waals surface area contributed by atoms with Crippen molar-refractivity contribution in [2.24, 2.45) is 7.05 Å². The molecule has 0 spiro atoms. The molecule has 2 heterocycles. The monoisotopic (exact) mass is 279 g/mol. The Morgan fingerprint density at radius 1 is 1.29 bits per heavy atom. The summed E-state index contributed by atoms with van der Waals surface area (Å²) < 4.78 is 3.11. The lowest BCUT2D eigenvalue weighted by molar-refractivity contribution is 0.728. The van der Waals surface area contributed by atoms with Gasteiger partial charge in [-0.05, 0) is 24.6 Å². The van der Waals surface area contributed by atoms with Crippen LogP contribution in [0, 0.1) is 18.3 Å². The first-order chi connectivity index (χ1) is 10.1. The second kappa shape index (κ2) is 4.87. The van der Waals surface area contributed by atoms with E-state index in [1.54, 1.807) is 28.4 Å². The fourth-order valence-electron chi connectivity index (χ4n) is 2.35. The van der Waals surface area contributed by atoms with Crippen LogP contribution in [0.4, 0.5) is 0 Å². The van der Waals surface area contributed by atoms with Crippen LogP contribution in [-0.2, 0) is 13.6 Å². The molecule has 0 radical (unpaired) electrons. The molecule has 0 amide bonds. The van der Waals surface area contributed by atoms with Gasteiger partial charge in [0.2, 0.25) is 0 Å². The SMILES string of the molecule is Cc1nn(C)c2c(=O)n(Cc3ccc(C#N)cc3)cnc12. The number of hydrogen-bond donors (Lipinski definition) is 0. The molecular weight excluding hydrogens is 266 g/mol. The molecule has 0 aliphatic rings. The zero-order valence-electron chi connectivity index (χ0n) is 11.7. The zero-order valence-corrected chi connectivity index (χ0v) is 11.7. The predicted octanol–water partition coefficient (Wildman–Crippen LogP) is 1.36. The molecule has 0 bridgehead atoms. The highest BCUT2D eigenvalue weighted by Gasteiger charge is 2.12. The Hall–Kier alpha value is -2.94. The van der Waals surface area contributed by atoms with Gasteiger partial charge in [0.1, 0.15) is 5.52 Å². The summed E-state index contributed by atoms with van der Waals surface area (Å²) in [6.45, 7) is 2.25. The minimum absolute atomic E-state index is 0.118. The second-order valence-electron chi connectivity index (χ2n) is 4.89. The average Bonchev–Trinajstić information content (AvgIpc) is 2.78. The largest absolute Gasteiger partial charge is 0.293 e. The molecule has 0 saturated heterocycles. The lowest BCUT2D eigenvalue weighted by Gasteiger charge is -2.06. The third-order valence-corrected chi connectivity index (χ3v) is 3.42. The number of nitriles is 1. The van der Waals surface area contributed by atoms with E-state index in [0.29, 0.717) is 23.1 Å². The Labute approximate surface area is 120 Å². The van der Waals surface area contributed by atoms with Crippen LogP contribution in [0.1, 0.15) is 16.8 Å². The normalized spacial score (nSPS) is 10.7. The standard InChI is InChI=1S/C15H13N5O/c1-10-13-14(19(2)18-10)15(21)20(9-17-13)8-12-5-3-11(7-16)4-6-12/h3-6,9H,8H2,1-2H3. The van der Waals surface area contributed by atoms with E-state index in [1.165, 1.54) is 6.33 Å². The first-order valence-electron chi connectivity index (χ1n) is 6.48. The van der Waals surface area contributed by atoms with Crippen molar-refractivity contribution in [1.29, 1.82) is 5.26 Å². The minimum atomic E-state index is -0.118. The number of nitrogens with zero attached hydrogens (tertiary/aromatic N) is 5. The van der Waals surface area contributed by atoms with E-state index in [4.69, 9.17) is 5.26 Å². The van der Waals surface area contributed by atoms with Gasteiger partial charge in [0, 0.05) is 7.05 Å². The van der Waals surface area contributed by atoms with E-state index in [0.717, 1.165) is 11.3 Å². The van der Waals surface area contributed by atoms with Crippen LogP contribution in [0.25, 0.3) is 11.0 Å². The van der Waals surface area contributed by atoms with Crippen LogP contribution in [0.2, 0.25) is 0 Å². The van der Waals surface area contributed by atoms with Crippen LogP contribution in [-0.4, -0.2) is 19.3 Å². The van der Waals surface area contributed by atoms with Gasteiger partial charge >= 0.3 is 0 Å². The van der Waals surface area contributed by atoms with Gasteiger partial charge in [-0.15, -0.1) is 0 Å². The van der Waals surface area contributed by atoms with E-state index < -0.39 is 0 Å². The summed E-state index contributed by atoms with van der Waals surface area (Å²) in [5.41, 5.74) is 3.31. The van der Waals surface area contributed by atoms with Crippen LogP contribution >= 0.6 is 0 Å². The van der Waals surface area contributed by atoms with E-state index in [2.05, 4.69) is 16.2 Å². The Morgan fingerprint density at radius 3 is 2.67 bits per heavy atom. The molecule has 6 heteroatoms. The minimum Gasteiger partial charge on any atom is -0.293 e. The number of aryl methyl sites for hydroxylation is 2. The van der Waals surface area contributed by atoms with Crippen LogP contribution in [0.5, 0.6) is 0 Å². The summed E-state index contributed by atoms with van der Waals surface area (Å²) in [4.78, 5) is 16.8. The van der Waals surface area contributed by atoms with Gasteiger partial charge in [-0.25, -0.2) is 4.98 Å². The number of hydrogen-bond acceptors (Lipinski definition) is 4. The molecule has 0 N–H and O–H groups in total. The lowest BCUT2D eigenvalue weighted by Crippen LogP contribution is -2.22. The Kier molecular flexibility index (Phi) is 3.03. The third-order valence-electron chi connectivity index (χ3n) is 3.42. The number of fused-ring (bicyclic) bond motifs is 1. The molecule has 0 aliphatic heterocycles. The van der Waals surface area contributed by atoms with Crippen molar-refractivity contribution in [3.05, 3.63) is 57.8 Å². The summed E-state index contributed by atoms with van der Waals surface area (Å²) in [6.07, 6.45) is 1.54. The van der Waals surface area contributed by atoms with E-state index in [1.807, 2.05) is 19.1 Å². The highest BCUT2D eigenvalue weighted by Crippen LogP contribution is 2.10. The number of aromatic nitrogens is 4. The smallest absolute Gasteiger partial charge is 0.279 e. The molecular formula is C15H13N5O. The lowest BCUT2D eigenvalue weighted by atomic mass is 10.1. The van der Waals surface area contributed by atoms with Gasteiger partial charge in [-0.2, -0.15) is 10.4 Å². The molecule has 3 aromatic rings. The van der Waals surface area contributed by atoms with Crippen molar-refractivity contribution in [3.8, 4) is 6.07 Å². The van der Waals surface area contributed by atoms with Crippen molar-refractivity contribution in [2.45, 2.75) is 13.5 Å². The Balaban J connectivity index is 2.05. The van der Waals surface area contributed by atoms with Gasteiger partial charge in [-0.3, -0.25) is 14.0 Å². The summed E-state index contributed by atoms with van der Waals surface area (Å²) in [7, 11) is 1.74. The first kappa shape index (κ1) is 13.1. The molecule has 104 valence electrons. The second-order valence-corrected chi connectivity index (χ2v) is 4.89. The molecule has 6 nitrogen and oxygen atoms in total. The predicted molar refractivity (Wildman–Crippen MR) is 77.8 cm³/mol. The van der Waals surface area contributed by atoms with E-state index in [-0.39, 0.29) is 5.56 Å². The van der Waals surface area contributed by atoms with Gasteiger partial charge < -0.3 is 0 Å². The number of benzene rings is 1. The van der Waals surface area contributed by atoms with Gasteiger partial charge in [0.25, 0.3) is 5.56 Å². The molecule has 0 atom stereocenters. The fraction of sp³-hybridized carbons (Fsp3) is 0.200. The average molecular weight is 279 g/mol. The molecule has 1 aromatic carbocycles. The van der Waals surface area contributed by atoms with Crippen LogP contribution in [0.15, 0.2) is 35.4 Å². The van der Waals surface area contributed by atoms with Crippen molar-refractivity contribution in [3.63, 3.8) is 0 Å². The van der Waals surface area contributed by atoms with Gasteiger partial charge in [0.15, 0.2) is 5.52 Å². The zero-order chi connectivity index (χ0) is 15.0. The maximum atomic E-state index is 12.5. The molecule has 0 aliphatic carbocycles. The molecule has 3 rings (SSSR count). The van der Waals surface area contributed by atoms with E-state index >= 15 is 0 Å². The summed E-state index contributed by atoms with van der Waals surface area (Å²) in [5.74, 6) is 0. The summed E-state index contributed by atoms with van der Waals surface area (Å²) >= 11 is 0. The molecule has 0 saturated carbocycles. The molecule has 0 fully saturated rings. The summed E-state index contributed by atoms with van der Waals surface area (Å²) in [5, 5.41) is 13.0. The quantitative estimate of drug-likeness (QED) is 0.709. The van der Waals surface area contributed by atoms with Crippen molar-refractivity contribution >= 4 is 11.0 Å². The van der Waals surface area contributed by atoms with Crippen LogP contribution in [0.3, 0.4) is 0 Å². The molecule has 2 aromatic heterocycles. The summed E-state index contributed by atoms with van der Waals surface area (Å²) in [6, 6.07) is 9.22. The topological polar surface area (TPSA) is 76.5 Å². The maximum absolute atomic E-state index is 12.5. The molecule has 21 heavy (non-hydrogen) atoms. The third kappa shape index (κ3) is 2.19. The van der Waals surface area contributed by atoms with Gasteiger partial charge in [-0.1, -0.05) is 12.1 Å². The first-order valence-corrected chi connectivity index (χ1v) is 6.48. The van der Waals surface area contributed by atoms with Crippen LogP contribution < -0.4 is 5.56 Å². The number of rotatable bonds is 2. The Bertz CT molecular complexity index is 912. The maximum Gasteiger partial charge on any atom is 0.279 e. The highest BCUT2D eigenvalue weighted by atomic mass is 16.1. The Morgan fingerprint density at radius 2 is 2.00 bits per heavy atom. The van der Waals surface area contributed by atoms with E-state index in [9.17, 15) is 4.79 Å². The fourth-order valence-corrected chi connectivity index (χ4v) is 2.35. The highest BCUT2D eigenvalue weighted by molar-refractivity contribution is 5.75.